The third-order valence-corrected chi connectivity index (χ3v) is 5.13. The number of benzene rings is 2. The number of carbonyl (C=O) groups is 1. The van der Waals surface area contributed by atoms with Gasteiger partial charge in [-0.15, -0.1) is 0 Å². The summed E-state index contributed by atoms with van der Waals surface area (Å²) in [5, 5.41) is 1.50. The second kappa shape index (κ2) is 8.11. The fourth-order valence-corrected chi connectivity index (χ4v) is 3.58. The summed E-state index contributed by atoms with van der Waals surface area (Å²) in [4.78, 5) is 25.7. The predicted octanol–water partition coefficient (Wildman–Crippen LogP) is 3.65. The van der Waals surface area contributed by atoms with E-state index in [1.54, 1.807) is 12.3 Å². The number of amides is 1. The van der Waals surface area contributed by atoms with Crippen LogP contribution in [0.2, 0.25) is 0 Å². The summed E-state index contributed by atoms with van der Waals surface area (Å²) in [6.45, 7) is 0. The van der Waals surface area contributed by atoms with E-state index in [2.05, 4.69) is 25.8 Å². The number of para-hydroxylation sites is 1. The second-order valence-electron chi connectivity index (χ2n) is 5.93. The zero-order chi connectivity index (χ0) is 20.2. The fourth-order valence-electron chi connectivity index (χ4n) is 2.65. The van der Waals surface area contributed by atoms with E-state index in [1.807, 2.05) is 30.3 Å². The smallest absolute Gasteiger partial charge is 0.272 e. The van der Waals surface area contributed by atoms with Gasteiger partial charge in [-0.3, -0.25) is 20.6 Å². The number of pyridine rings is 1. The maximum atomic E-state index is 13.7. The number of carbonyl (C=O) groups excluding carboxylic acids is 1. The maximum absolute atomic E-state index is 13.7. The van der Waals surface area contributed by atoms with Crippen LogP contribution in [0.15, 0.2) is 77.0 Å². The van der Waals surface area contributed by atoms with Crippen molar-refractivity contribution in [1.82, 2.24) is 20.4 Å². The molecule has 0 spiro atoms. The number of hydrogen-bond acceptors (Lipinski definition) is 7. The first-order chi connectivity index (χ1) is 14.1. The topological polar surface area (TPSA) is 106 Å². The quantitative estimate of drug-likeness (QED) is 0.343. The average molecular weight is 406 g/mol. The normalized spacial score (nSPS) is 10.7. The Morgan fingerprint density at radius 3 is 2.69 bits per heavy atom. The Balaban J connectivity index is 1.55. The lowest BCUT2D eigenvalue weighted by Gasteiger charge is -2.12. The van der Waals surface area contributed by atoms with Gasteiger partial charge in [-0.1, -0.05) is 42.1 Å². The molecule has 4 rings (SSSR count). The molecule has 2 heterocycles. The van der Waals surface area contributed by atoms with Crippen molar-refractivity contribution in [3.63, 3.8) is 0 Å². The van der Waals surface area contributed by atoms with Gasteiger partial charge < -0.3 is 5.73 Å². The first-order valence-electron chi connectivity index (χ1n) is 8.56. The minimum atomic E-state index is -0.645. The lowest BCUT2D eigenvalue weighted by molar-refractivity contribution is 0.0958. The molecule has 0 atom stereocenters. The molecule has 9 heteroatoms. The number of rotatable bonds is 5. The number of fused-ring (bicyclic) bond motifs is 1. The molecule has 4 aromatic rings. The zero-order valence-corrected chi connectivity index (χ0v) is 15.8. The number of halogens is 1. The van der Waals surface area contributed by atoms with Crippen LogP contribution in [0.25, 0.3) is 10.9 Å². The molecule has 4 N–H and O–H groups in total. The third-order valence-electron chi connectivity index (χ3n) is 4.06. The van der Waals surface area contributed by atoms with Crippen LogP contribution in [-0.4, -0.2) is 20.9 Å². The number of hydrazine groups is 1. The Morgan fingerprint density at radius 1 is 1.00 bits per heavy atom. The van der Waals surface area contributed by atoms with Gasteiger partial charge in [0.15, 0.2) is 5.82 Å². The predicted molar refractivity (Wildman–Crippen MR) is 110 cm³/mol. The van der Waals surface area contributed by atoms with Crippen molar-refractivity contribution in [1.29, 1.82) is 0 Å². The van der Waals surface area contributed by atoms with Crippen LogP contribution < -0.4 is 16.6 Å². The van der Waals surface area contributed by atoms with Crippen LogP contribution >= 0.6 is 11.8 Å². The molecule has 7 nitrogen and oxygen atoms in total. The Kier molecular flexibility index (Phi) is 5.21. The van der Waals surface area contributed by atoms with Crippen molar-refractivity contribution in [2.75, 3.05) is 11.2 Å². The Labute approximate surface area is 169 Å². The molecule has 144 valence electrons. The highest BCUT2D eigenvalue weighted by molar-refractivity contribution is 7.99. The standard InChI is InChI=1S/C20H15FN6OS/c21-14-8-2-1-7-13(14)19(28)27-26-18-16(22)20(25-11-24-18)29-15-9-3-5-12-6-4-10-23-17(12)15/h1-11H,22H2,(H,27,28)(H,24,25,26). The summed E-state index contributed by atoms with van der Waals surface area (Å²) in [7, 11) is 0. The van der Waals surface area contributed by atoms with Crippen molar-refractivity contribution < 1.29 is 9.18 Å². The van der Waals surface area contributed by atoms with Crippen molar-refractivity contribution in [3.8, 4) is 0 Å². The van der Waals surface area contributed by atoms with E-state index in [1.165, 1.54) is 36.3 Å². The van der Waals surface area contributed by atoms with Gasteiger partial charge in [0, 0.05) is 16.5 Å². The molecule has 1 amide bonds. The van der Waals surface area contributed by atoms with Gasteiger partial charge in [0.2, 0.25) is 0 Å². The number of nitrogens with zero attached hydrogens (tertiary/aromatic N) is 3. The van der Waals surface area contributed by atoms with Crippen LogP contribution in [0, 0.1) is 5.82 Å². The molecule has 0 saturated heterocycles. The van der Waals surface area contributed by atoms with Gasteiger partial charge in [0.1, 0.15) is 22.9 Å². The highest BCUT2D eigenvalue weighted by Crippen LogP contribution is 2.35. The number of nitrogens with two attached hydrogens (primary N) is 1. The van der Waals surface area contributed by atoms with E-state index >= 15 is 0 Å². The van der Waals surface area contributed by atoms with Crippen molar-refractivity contribution in [3.05, 3.63) is 78.5 Å². The largest absolute Gasteiger partial charge is 0.393 e. The van der Waals surface area contributed by atoms with Gasteiger partial charge in [0.25, 0.3) is 5.91 Å². The molecular formula is C20H15FN6OS. The SMILES string of the molecule is Nc1c(NNC(=O)c2ccccc2F)ncnc1Sc1cccc2cccnc12. The highest BCUT2D eigenvalue weighted by atomic mass is 32.2. The lowest BCUT2D eigenvalue weighted by atomic mass is 10.2. The van der Waals surface area contributed by atoms with E-state index in [9.17, 15) is 9.18 Å². The minimum absolute atomic E-state index is 0.0935. The van der Waals surface area contributed by atoms with Gasteiger partial charge in [-0.2, -0.15) is 0 Å². The molecular weight excluding hydrogens is 391 g/mol. The molecule has 0 saturated carbocycles. The van der Waals surface area contributed by atoms with Gasteiger partial charge in [-0.05, 0) is 24.3 Å². The molecule has 0 aliphatic carbocycles. The van der Waals surface area contributed by atoms with Gasteiger partial charge >= 0.3 is 0 Å². The highest BCUT2D eigenvalue weighted by Gasteiger charge is 2.14. The zero-order valence-electron chi connectivity index (χ0n) is 15.0. The summed E-state index contributed by atoms with van der Waals surface area (Å²) in [6.07, 6.45) is 3.05. The summed E-state index contributed by atoms with van der Waals surface area (Å²) >= 11 is 1.34. The Hall–Kier alpha value is -3.72. The summed E-state index contributed by atoms with van der Waals surface area (Å²) < 4.78 is 13.7. The summed E-state index contributed by atoms with van der Waals surface area (Å²) in [5.74, 6) is -1.06. The molecule has 0 radical (unpaired) electrons. The van der Waals surface area contributed by atoms with E-state index in [0.29, 0.717) is 5.03 Å². The Bertz CT molecular complexity index is 1200. The molecule has 0 unspecified atom stereocenters. The van der Waals surface area contributed by atoms with Crippen LogP contribution in [0.5, 0.6) is 0 Å². The second-order valence-corrected chi connectivity index (χ2v) is 6.96. The Morgan fingerprint density at radius 2 is 1.83 bits per heavy atom. The minimum Gasteiger partial charge on any atom is -0.393 e. The molecule has 0 fully saturated rings. The van der Waals surface area contributed by atoms with Crippen LogP contribution in [0.1, 0.15) is 10.4 Å². The summed E-state index contributed by atoms with van der Waals surface area (Å²) in [6, 6.07) is 15.3. The lowest BCUT2D eigenvalue weighted by Crippen LogP contribution is -2.31. The van der Waals surface area contributed by atoms with Crippen molar-refractivity contribution >= 4 is 40.1 Å². The van der Waals surface area contributed by atoms with Gasteiger partial charge in [0.05, 0.1) is 11.1 Å². The fraction of sp³-hybridized carbons (Fsp3) is 0. The number of aromatic nitrogens is 3. The van der Waals surface area contributed by atoms with Crippen molar-refractivity contribution in [2.24, 2.45) is 0 Å². The number of anilines is 2. The van der Waals surface area contributed by atoms with E-state index in [4.69, 9.17) is 5.73 Å². The third kappa shape index (κ3) is 3.94. The number of hydrogen-bond donors (Lipinski definition) is 3. The molecule has 29 heavy (non-hydrogen) atoms. The number of nitrogen functional groups attached to an aromatic ring is 1. The summed E-state index contributed by atoms with van der Waals surface area (Å²) in [5.41, 5.74) is 12.2. The molecule has 0 bridgehead atoms. The maximum Gasteiger partial charge on any atom is 0.272 e. The van der Waals surface area contributed by atoms with Crippen LogP contribution in [0.3, 0.4) is 0 Å². The molecule has 2 aromatic carbocycles. The van der Waals surface area contributed by atoms with E-state index < -0.39 is 11.7 Å². The van der Waals surface area contributed by atoms with Crippen molar-refractivity contribution in [2.45, 2.75) is 9.92 Å². The molecule has 2 aromatic heterocycles. The average Bonchev–Trinajstić information content (AvgIpc) is 2.75. The van der Waals surface area contributed by atoms with E-state index in [-0.39, 0.29) is 17.1 Å². The van der Waals surface area contributed by atoms with Crippen LogP contribution in [0.4, 0.5) is 15.9 Å². The molecule has 0 aliphatic rings. The monoisotopic (exact) mass is 406 g/mol. The van der Waals surface area contributed by atoms with E-state index in [0.717, 1.165) is 15.8 Å². The first kappa shape index (κ1) is 18.6. The van der Waals surface area contributed by atoms with Gasteiger partial charge in [-0.25, -0.2) is 14.4 Å². The number of nitrogens with one attached hydrogen (secondary N) is 2. The molecule has 0 aliphatic heterocycles. The first-order valence-corrected chi connectivity index (χ1v) is 9.38. The van der Waals surface area contributed by atoms with Crippen LogP contribution in [-0.2, 0) is 0 Å².